The van der Waals surface area contributed by atoms with Crippen LogP contribution in [0.15, 0.2) is 388 Å². The number of thiophene rings is 1. The molecule has 5 heterocycles. The number of fused-ring (bicyclic) bond motifs is 20. The summed E-state index contributed by atoms with van der Waals surface area (Å²) in [6.45, 7) is 0. The predicted molar refractivity (Wildman–Crippen MR) is 468 cm³/mol. The Kier molecular flexibility index (Phi) is 14.0. The molecule has 0 atom stereocenters. The Hall–Kier alpha value is -14.1. The highest BCUT2D eigenvalue weighted by molar-refractivity contribution is 7.25. The zero-order valence-electron chi connectivity index (χ0n) is 59.9. The first kappa shape index (κ1) is 62.1. The molecule has 0 fully saturated rings. The van der Waals surface area contributed by atoms with Crippen LogP contribution in [0, 0.1) is 0 Å². The minimum atomic E-state index is 0.967. The molecule has 23 aromatic rings. The monoisotopic (exact) mass is 1410 g/mol. The minimum Gasteiger partial charge on any atom is -0.309 e. The highest BCUT2D eigenvalue weighted by Crippen LogP contribution is 2.48. The number of benzene rings is 18. The molecule has 0 amide bonds. The molecular formula is C105H66N4S. The van der Waals surface area contributed by atoms with Crippen molar-refractivity contribution in [3.05, 3.63) is 399 Å². The van der Waals surface area contributed by atoms with Gasteiger partial charge in [-0.15, -0.1) is 11.3 Å². The van der Waals surface area contributed by atoms with E-state index in [0.717, 1.165) is 17.8 Å². The second kappa shape index (κ2) is 24.7. The van der Waals surface area contributed by atoms with Gasteiger partial charge in [-0.3, -0.25) is 0 Å². The molecule has 0 aliphatic heterocycles. The standard InChI is InChI=1S/C53H34N2.C52H32N2S/c1-2-11-34(12-3-1)35-21-25-41(26-22-35)54-50-19-9-8-18-44(50)46-30-37(23-27-51(46)54)38-24-28-52-47(31-38)48-33-45-40(29-39-14-5-6-16-42(39)45)32-53(48)55(52)49-20-10-15-36-13-4-7-17-43(36)49;1-2-11-33(12-3-1)34-21-25-38(26-22-34)53-47-18-8-6-16-40(47)42-29-36(23-27-48(42)53)37-24-28-49-43(30-37)44-32-52-45(41-17-7-9-20-51(41)55-52)31-50(44)54(49)46-19-10-14-35-13-4-5-15-39(35)46/h1-28,30-33H,29H2;1-32H. The van der Waals surface area contributed by atoms with E-state index >= 15 is 0 Å². The Bertz CT molecular complexity index is 7710. The summed E-state index contributed by atoms with van der Waals surface area (Å²) in [7, 11) is 0. The molecule has 0 saturated carbocycles. The Morgan fingerprint density at radius 1 is 0.182 bits per heavy atom. The maximum Gasteiger partial charge on any atom is 0.0548 e. The van der Waals surface area contributed by atoms with Crippen LogP contribution >= 0.6 is 11.3 Å². The molecule has 0 radical (unpaired) electrons. The lowest BCUT2D eigenvalue weighted by Crippen LogP contribution is -1.96. The molecule has 1 aliphatic rings. The second-order valence-corrected chi connectivity index (χ2v) is 30.5. The third kappa shape index (κ3) is 9.78. The predicted octanol–water partition coefficient (Wildman–Crippen LogP) is 28.7. The minimum absolute atomic E-state index is 0.967. The van der Waals surface area contributed by atoms with Crippen LogP contribution in [0.25, 0.3) is 207 Å². The van der Waals surface area contributed by atoms with Gasteiger partial charge in [0.05, 0.1) is 55.5 Å². The van der Waals surface area contributed by atoms with Gasteiger partial charge in [0.2, 0.25) is 0 Å². The Morgan fingerprint density at radius 2 is 0.555 bits per heavy atom. The lowest BCUT2D eigenvalue weighted by Gasteiger charge is -2.12. The van der Waals surface area contributed by atoms with E-state index in [-0.39, 0.29) is 0 Å². The smallest absolute Gasteiger partial charge is 0.0548 e. The SMILES string of the molecule is c1ccc(-c2ccc(-n3c4ccccc4c4cc(-c5ccc6c(c5)c5cc7c(cc5n6-c5cccc6ccccc56)Cc5ccccc5-7)ccc43)cc2)cc1.c1ccc(-c2ccc(-n3c4ccccc4c4cc(-c5ccc6c(c5)c5cc7sc8ccccc8c7cc5n6-c5cccc6ccccc56)ccc43)cc2)cc1. The lowest BCUT2D eigenvalue weighted by atomic mass is 9.99. The second-order valence-electron chi connectivity index (χ2n) is 29.5. The number of hydrogen-bond donors (Lipinski definition) is 0. The number of para-hydroxylation sites is 2. The number of nitrogens with zero attached hydrogens (tertiary/aromatic N) is 4. The fourth-order valence-electron chi connectivity index (χ4n) is 18.3. The summed E-state index contributed by atoms with van der Waals surface area (Å²) in [5.41, 5.74) is 29.8. The van der Waals surface area contributed by atoms with Gasteiger partial charge in [-0.2, -0.15) is 0 Å². The third-order valence-corrected chi connectivity index (χ3v) is 24.6. The van der Waals surface area contributed by atoms with Crippen molar-refractivity contribution >= 4 is 140 Å². The van der Waals surface area contributed by atoms with Crippen LogP contribution in [0.4, 0.5) is 0 Å². The molecular weight excluding hydrogens is 1350 g/mol. The van der Waals surface area contributed by atoms with Crippen LogP contribution < -0.4 is 0 Å². The van der Waals surface area contributed by atoms with Crippen molar-refractivity contribution in [1.82, 2.24) is 18.3 Å². The van der Waals surface area contributed by atoms with E-state index in [1.807, 2.05) is 11.3 Å². The molecule has 5 heteroatoms. The molecule has 24 rings (SSSR count). The summed E-state index contributed by atoms with van der Waals surface area (Å²) in [6.07, 6.45) is 0.967. The van der Waals surface area contributed by atoms with Gasteiger partial charge in [0.1, 0.15) is 0 Å². The van der Waals surface area contributed by atoms with E-state index in [0.29, 0.717) is 0 Å². The highest BCUT2D eigenvalue weighted by atomic mass is 32.1. The molecule has 110 heavy (non-hydrogen) atoms. The molecule has 1 aliphatic carbocycles. The average Bonchev–Trinajstić information content (AvgIpc) is 1.60. The topological polar surface area (TPSA) is 19.7 Å². The van der Waals surface area contributed by atoms with Crippen LogP contribution in [0.2, 0.25) is 0 Å². The maximum absolute atomic E-state index is 2.50. The molecule has 0 bridgehead atoms. The van der Waals surface area contributed by atoms with Crippen LogP contribution in [0.3, 0.4) is 0 Å². The molecule has 512 valence electrons. The van der Waals surface area contributed by atoms with Crippen molar-refractivity contribution in [3.63, 3.8) is 0 Å². The Labute approximate surface area is 638 Å². The molecule has 5 aromatic heterocycles. The van der Waals surface area contributed by atoms with Crippen LogP contribution in [0.5, 0.6) is 0 Å². The van der Waals surface area contributed by atoms with Gasteiger partial charge in [0, 0.05) is 85.4 Å². The molecule has 0 spiro atoms. The quantitative estimate of drug-likeness (QED) is 0.144. The van der Waals surface area contributed by atoms with Crippen molar-refractivity contribution in [1.29, 1.82) is 0 Å². The number of hydrogen-bond acceptors (Lipinski definition) is 1. The zero-order chi connectivity index (χ0) is 72.1. The van der Waals surface area contributed by atoms with Gasteiger partial charge in [-0.05, 0) is 211 Å². The summed E-state index contributed by atoms with van der Waals surface area (Å²) in [4.78, 5) is 0. The molecule has 4 nitrogen and oxygen atoms in total. The van der Waals surface area contributed by atoms with Crippen LogP contribution in [-0.2, 0) is 6.42 Å². The number of rotatable bonds is 8. The Morgan fingerprint density at radius 3 is 1.08 bits per heavy atom. The maximum atomic E-state index is 2.50. The van der Waals surface area contributed by atoms with Crippen molar-refractivity contribution in [3.8, 4) is 78.4 Å². The molecule has 0 unspecified atom stereocenters. The van der Waals surface area contributed by atoms with Crippen LogP contribution in [0.1, 0.15) is 11.1 Å². The van der Waals surface area contributed by atoms with Gasteiger partial charge < -0.3 is 18.3 Å². The summed E-state index contributed by atoms with van der Waals surface area (Å²) in [5, 5.41) is 17.8. The van der Waals surface area contributed by atoms with Crippen molar-refractivity contribution < 1.29 is 0 Å². The normalized spacial score (nSPS) is 12.1. The first-order valence-corrected chi connectivity index (χ1v) is 38.8. The van der Waals surface area contributed by atoms with Gasteiger partial charge in [0.15, 0.2) is 0 Å². The zero-order valence-corrected chi connectivity index (χ0v) is 60.7. The van der Waals surface area contributed by atoms with E-state index in [1.165, 1.54) is 207 Å². The van der Waals surface area contributed by atoms with Crippen molar-refractivity contribution in [2.75, 3.05) is 0 Å². The summed E-state index contributed by atoms with van der Waals surface area (Å²) < 4.78 is 12.4. The molecule has 0 N–H and O–H groups in total. The van der Waals surface area contributed by atoms with E-state index in [1.54, 1.807) is 0 Å². The fraction of sp³-hybridized carbons (Fsp3) is 0.00952. The van der Waals surface area contributed by atoms with E-state index in [4.69, 9.17) is 0 Å². The number of aromatic nitrogens is 4. The summed E-state index contributed by atoms with van der Waals surface area (Å²) >= 11 is 1.88. The van der Waals surface area contributed by atoms with Gasteiger partial charge in [0.25, 0.3) is 0 Å². The Balaban J connectivity index is 0.000000132. The first-order chi connectivity index (χ1) is 54.5. The van der Waals surface area contributed by atoms with E-state index < -0.39 is 0 Å². The molecule has 18 aromatic carbocycles. The van der Waals surface area contributed by atoms with Crippen molar-refractivity contribution in [2.24, 2.45) is 0 Å². The summed E-state index contributed by atoms with van der Waals surface area (Å²) in [6, 6.07) is 143. The van der Waals surface area contributed by atoms with Gasteiger partial charge in [-0.1, -0.05) is 261 Å². The summed E-state index contributed by atoms with van der Waals surface area (Å²) in [5.74, 6) is 0. The van der Waals surface area contributed by atoms with Gasteiger partial charge >= 0.3 is 0 Å². The average molecular weight is 1420 g/mol. The molecule has 0 saturated heterocycles. The third-order valence-electron chi connectivity index (χ3n) is 23.4. The van der Waals surface area contributed by atoms with Crippen molar-refractivity contribution in [2.45, 2.75) is 6.42 Å². The largest absolute Gasteiger partial charge is 0.309 e. The highest BCUT2D eigenvalue weighted by Gasteiger charge is 2.25. The van der Waals surface area contributed by atoms with Gasteiger partial charge in [-0.25, -0.2) is 0 Å². The van der Waals surface area contributed by atoms with E-state index in [2.05, 4.69) is 407 Å². The van der Waals surface area contributed by atoms with E-state index in [9.17, 15) is 0 Å². The van der Waals surface area contributed by atoms with Crippen LogP contribution in [-0.4, -0.2) is 18.3 Å². The lowest BCUT2D eigenvalue weighted by molar-refractivity contribution is 1.18. The first-order valence-electron chi connectivity index (χ1n) is 38.0. The fourth-order valence-corrected chi connectivity index (χ4v) is 19.4.